The number of nitro benzene ring substituents is 1. The molecule has 0 aliphatic carbocycles. The van der Waals surface area contributed by atoms with Gasteiger partial charge < -0.3 is 0 Å². The van der Waals surface area contributed by atoms with E-state index in [1.165, 1.54) is 6.07 Å². The van der Waals surface area contributed by atoms with E-state index in [-0.39, 0.29) is 28.8 Å². The summed E-state index contributed by atoms with van der Waals surface area (Å²) < 4.78 is 0. The smallest absolute Gasteiger partial charge is 0.275 e. The Morgan fingerprint density at radius 2 is 2.12 bits per heavy atom. The van der Waals surface area contributed by atoms with Gasteiger partial charge in [0.25, 0.3) is 5.69 Å². The minimum Gasteiger partial charge on any atom is -0.298 e. The van der Waals surface area contributed by atoms with Crippen LogP contribution in [-0.4, -0.2) is 11.2 Å². The van der Waals surface area contributed by atoms with Gasteiger partial charge in [-0.3, -0.25) is 14.9 Å². The number of nitro groups is 1. The van der Waals surface area contributed by atoms with Crippen LogP contribution in [0.4, 0.5) is 5.69 Å². The van der Waals surface area contributed by atoms with E-state index in [0.29, 0.717) is 6.29 Å². The van der Waals surface area contributed by atoms with Crippen molar-refractivity contribution in [2.24, 2.45) is 0 Å². The van der Waals surface area contributed by atoms with Crippen molar-refractivity contribution in [2.45, 2.75) is 6.42 Å². The van der Waals surface area contributed by atoms with Crippen LogP contribution in [0.5, 0.6) is 0 Å². The van der Waals surface area contributed by atoms with Crippen molar-refractivity contribution < 1.29 is 9.72 Å². The summed E-state index contributed by atoms with van der Waals surface area (Å²) in [5.41, 5.74) is -0.300. The average molecular weight is 215 g/mol. The molecule has 6 nitrogen and oxygen atoms in total. The normalized spacial score (nSPS) is 8.88. The quantitative estimate of drug-likeness (QED) is 0.429. The third kappa shape index (κ3) is 2.02. The fourth-order valence-corrected chi connectivity index (χ4v) is 1.27. The number of carbonyl (C=O) groups excluding carboxylic acids is 1. The molecule has 0 heterocycles. The zero-order chi connectivity index (χ0) is 12.1. The van der Waals surface area contributed by atoms with Crippen molar-refractivity contribution in [1.29, 1.82) is 10.5 Å². The van der Waals surface area contributed by atoms with Crippen LogP contribution in [0.25, 0.3) is 0 Å². The Kier molecular flexibility index (Phi) is 3.31. The summed E-state index contributed by atoms with van der Waals surface area (Å²) in [5, 5.41) is 28.0. The average Bonchev–Trinajstić information content (AvgIpc) is 2.29. The van der Waals surface area contributed by atoms with Crippen molar-refractivity contribution in [3.05, 3.63) is 38.9 Å². The first-order chi connectivity index (χ1) is 7.63. The molecule has 1 aromatic rings. The number of hydrogen-bond acceptors (Lipinski definition) is 5. The highest BCUT2D eigenvalue weighted by Gasteiger charge is 2.19. The van der Waals surface area contributed by atoms with Gasteiger partial charge in [-0.1, -0.05) is 0 Å². The van der Waals surface area contributed by atoms with Crippen LogP contribution < -0.4 is 0 Å². The molecular weight excluding hydrogens is 210 g/mol. The van der Waals surface area contributed by atoms with Gasteiger partial charge in [0.1, 0.15) is 6.29 Å². The molecule has 6 heteroatoms. The van der Waals surface area contributed by atoms with Crippen molar-refractivity contribution in [1.82, 2.24) is 0 Å². The molecular formula is C10H5N3O3. The van der Waals surface area contributed by atoms with Crippen molar-refractivity contribution in [3.63, 3.8) is 0 Å². The summed E-state index contributed by atoms with van der Waals surface area (Å²) in [5.74, 6) is 0. The molecule has 0 fully saturated rings. The van der Waals surface area contributed by atoms with E-state index in [9.17, 15) is 14.9 Å². The monoisotopic (exact) mass is 215 g/mol. The van der Waals surface area contributed by atoms with Crippen molar-refractivity contribution in [2.75, 3.05) is 0 Å². The van der Waals surface area contributed by atoms with E-state index in [4.69, 9.17) is 10.5 Å². The fourth-order valence-electron chi connectivity index (χ4n) is 1.27. The fraction of sp³-hybridized carbons (Fsp3) is 0.100. The first-order valence-electron chi connectivity index (χ1n) is 4.17. The van der Waals surface area contributed by atoms with Gasteiger partial charge in [0.15, 0.2) is 0 Å². The number of rotatable bonds is 3. The van der Waals surface area contributed by atoms with E-state index >= 15 is 0 Å². The third-order valence-electron chi connectivity index (χ3n) is 1.96. The minimum absolute atomic E-state index is 0.0159. The highest BCUT2D eigenvalue weighted by Crippen LogP contribution is 2.24. The summed E-state index contributed by atoms with van der Waals surface area (Å²) in [6.07, 6.45) is 0.183. The zero-order valence-electron chi connectivity index (χ0n) is 8.01. The molecule has 0 aliphatic rings. The van der Waals surface area contributed by atoms with Gasteiger partial charge in [-0.2, -0.15) is 10.5 Å². The van der Waals surface area contributed by atoms with E-state index in [2.05, 4.69) is 0 Å². The Labute approximate surface area is 90.5 Å². The van der Waals surface area contributed by atoms with Crippen LogP contribution in [-0.2, 0) is 6.42 Å². The van der Waals surface area contributed by atoms with Gasteiger partial charge in [0.05, 0.1) is 34.6 Å². The lowest BCUT2D eigenvalue weighted by atomic mass is 10.0. The molecule has 78 valence electrons. The summed E-state index contributed by atoms with van der Waals surface area (Å²) in [7, 11) is 0. The minimum atomic E-state index is -0.708. The predicted molar refractivity (Wildman–Crippen MR) is 52.5 cm³/mol. The topological polar surface area (TPSA) is 108 Å². The standard InChI is InChI=1S/C10H5N3O3/c11-2-1-9-8(5-12)3-7(6-14)4-10(9)13(15)16/h3-4,6H,1H2. The molecule has 0 aliphatic heterocycles. The molecule has 1 aromatic carbocycles. The van der Waals surface area contributed by atoms with Crippen LogP contribution in [0.15, 0.2) is 12.1 Å². The Morgan fingerprint density at radius 3 is 2.56 bits per heavy atom. The van der Waals surface area contributed by atoms with Crippen molar-refractivity contribution in [3.8, 4) is 12.1 Å². The Balaban J connectivity index is 3.56. The van der Waals surface area contributed by atoms with E-state index in [1.54, 1.807) is 12.1 Å². The summed E-state index contributed by atoms with van der Waals surface area (Å²) in [6.45, 7) is 0. The molecule has 16 heavy (non-hydrogen) atoms. The molecule has 0 saturated carbocycles. The molecule has 0 unspecified atom stereocenters. The number of benzene rings is 1. The molecule has 0 atom stereocenters. The van der Waals surface area contributed by atoms with Gasteiger partial charge >= 0.3 is 0 Å². The van der Waals surface area contributed by atoms with Gasteiger partial charge in [-0.25, -0.2) is 0 Å². The van der Waals surface area contributed by atoms with E-state index in [0.717, 1.165) is 6.07 Å². The lowest BCUT2D eigenvalue weighted by molar-refractivity contribution is -0.385. The van der Waals surface area contributed by atoms with Crippen molar-refractivity contribution >= 4 is 12.0 Å². The van der Waals surface area contributed by atoms with Crippen LogP contribution in [0, 0.1) is 32.8 Å². The maximum absolute atomic E-state index is 10.7. The maximum atomic E-state index is 10.7. The Morgan fingerprint density at radius 1 is 1.44 bits per heavy atom. The molecule has 0 aromatic heterocycles. The van der Waals surface area contributed by atoms with Gasteiger partial charge in [-0.15, -0.1) is 0 Å². The second kappa shape index (κ2) is 4.67. The highest BCUT2D eigenvalue weighted by molar-refractivity contribution is 5.78. The lowest BCUT2D eigenvalue weighted by Crippen LogP contribution is -2.00. The predicted octanol–water partition coefficient (Wildman–Crippen LogP) is 1.35. The molecule has 0 radical (unpaired) electrons. The van der Waals surface area contributed by atoms with Crippen LogP contribution in [0.2, 0.25) is 0 Å². The first-order valence-corrected chi connectivity index (χ1v) is 4.17. The largest absolute Gasteiger partial charge is 0.298 e. The van der Waals surface area contributed by atoms with Gasteiger partial charge in [-0.05, 0) is 6.07 Å². The highest BCUT2D eigenvalue weighted by atomic mass is 16.6. The number of nitriles is 2. The van der Waals surface area contributed by atoms with Gasteiger partial charge in [0, 0.05) is 11.6 Å². The number of nitrogens with zero attached hydrogens (tertiary/aromatic N) is 3. The summed E-state index contributed by atoms with van der Waals surface area (Å²) in [4.78, 5) is 20.5. The molecule has 0 amide bonds. The number of hydrogen-bond donors (Lipinski definition) is 0. The molecule has 0 spiro atoms. The van der Waals surface area contributed by atoms with Crippen LogP contribution in [0.3, 0.4) is 0 Å². The number of carbonyl (C=O) groups is 1. The molecule has 1 rings (SSSR count). The summed E-state index contributed by atoms with van der Waals surface area (Å²) >= 11 is 0. The molecule has 0 saturated heterocycles. The van der Waals surface area contributed by atoms with Crippen LogP contribution in [0.1, 0.15) is 21.5 Å². The Bertz CT molecular complexity index is 537. The Hall–Kier alpha value is -2.73. The van der Waals surface area contributed by atoms with E-state index in [1.807, 2.05) is 0 Å². The summed E-state index contributed by atoms with van der Waals surface area (Å²) in [6, 6.07) is 5.77. The van der Waals surface area contributed by atoms with Crippen LogP contribution >= 0.6 is 0 Å². The lowest BCUT2D eigenvalue weighted by Gasteiger charge is -2.02. The molecule has 0 N–H and O–H groups in total. The molecule has 0 bridgehead atoms. The first kappa shape index (κ1) is 11.3. The maximum Gasteiger partial charge on any atom is 0.275 e. The van der Waals surface area contributed by atoms with E-state index < -0.39 is 4.92 Å². The number of aldehydes is 1. The second-order valence-electron chi connectivity index (χ2n) is 2.89. The third-order valence-corrected chi connectivity index (χ3v) is 1.96. The van der Waals surface area contributed by atoms with Gasteiger partial charge in [0.2, 0.25) is 0 Å². The second-order valence-corrected chi connectivity index (χ2v) is 2.89. The SMILES string of the molecule is N#CCc1c(C#N)cc(C=O)cc1[N+](=O)[O-]. The zero-order valence-corrected chi connectivity index (χ0v) is 8.01.